The van der Waals surface area contributed by atoms with Gasteiger partial charge in [0.25, 0.3) is 0 Å². The van der Waals surface area contributed by atoms with Gasteiger partial charge in [-0.05, 0) is 32.9 Å². The molecule has 0 bridgehead atoms. The largest absolute Gasteiger partial charge is 0.399 e. The van der Waals surface area contributed by atoms with Crippen LogP contribution in [0.1, 0.15) is 31.5 Å². The summed E-state index contributed by atoms with van der Waals surface area (Å²) in [7, 11) is 0. The van der Waals surface area contributed by atoms with Crippen molar-refractivity contribution in [2.45, 2.75) is 35.6 Å². The second kappa shape index (κ2) is 9.29. The van der Waals surface area contributed by atoms with E-state index in [-0.39, 0.29) is 14.9 Å². The fourth-order valence-electron chi connectivity index (χ4n) is 1.20. The van der Waals surface area contributed by atoms with E-state index in [0.717, 1.165) is 5.69 Å². The lowest BCUT2D eigenvalue weighted by Gasteiger charge is -1.90. The standard InChI is InChI=1S/C8H10.C7H9N.2CH4/c1-7-3-5-8(2)6-4-7;1-6-2-4-7(8)5-3-6;;/h3-6H,1-2H3;2-5H,8H2,1H3;2*1H4. The van der Waals surface area contributed by atoms with Gasteiger partial charge in [0.05, 0.1) is 0 Å². The number of anilines is 1. The first-order chi connectivity index (χ1) is 7.58. The molecule has 0 unspecified atom stereocenters. The van der Waals surface area contributed by atoms with E-state index in [2.05, 4.69) is 38.1 Å². The third kappa shape index (κ3) is 7.50. The molecular formula is C17H27N. The van der Waals surface area contributed by atoms with E-state index in [0.29, 0.717) is 0 Å². The Morgan fingerprint density at radius 1 is 0.556 bits per heavy atom. The summed E-state index contributed by atoms with van der Waals surface area (Å²) in [6, 6.07) is 16.3. The second-order valence-corrected chi connectivity index (χ2v) is 4.07. The number of nitrogen functional groups attached to an aromatic ring is 1. The van der Waals surface area contributed by atoms with Gasteiger partial charge >= 0.3 is 0 Å². The number of hydrogen-bond donors (Lipinski definition) is 1. The van der Waals surface area contributed by atoms with Crippen LogP contribution in [-0.4, -0.2) is 0 Å². The molecule has 0 saturated heterocycles. The third-order valence-corrected chi connectivity index (χ3v) is 2.30. The number of hydrogen-bond acceptors (Lipinski definition) is 1. The molecule has 2 N–H and O–H groups in total. The lowest BCUT2D eigenvalue weighted by atomic mass is 10.2. The molecule has 1 heteroatoms. The van der Waals surface area contributed by atoms with Gasteiger partial charge in [-0.1, -0.05) is 67.9 Å². The fraction of sp³-hybridized carbons (Fsp3) is 0.294. The van der Waals surface area contributed by atoms with Gasteiger partial charge in [-0.25, -0.2) is 0 Å². The van der Waals surface area contributed by atoms with Crippen LogP contribution < -0.4 is 5.73 Å². The predicted octanol–water partition coefficient (Wildman–Crippen LogP) is 5.15. The molecule has 2 aromatic rings. The maximum absolute atomic E-state index is 5.43. The van der Waals surface area contributed by atoms with Gasteiger partial charge in [0.1, 0.15) is 0 Å². The van der Waals surface area contributed by atoms with E-state index in [1.54, 1.807) is 0 Å². The summed E-state index contributed by atoms with van der Waals surface area (Å²) in [5, 5.41) is 0. The van der Waals surface area contributed by atoms with Crippen LogP contribution in [0.3, 0.4) is 0 Å². The van der Waals surface area contributed by atoms with E-state index >= 15 is 0 Å². The normalized spacial score (nSPS) is 8.17. The maximum atomic E-state index is 5.43. The topological polar surface area (TPSA) is 26.0 Å². The molecular weight excluding hydrogens is 218 g/mol. The Kier molecular flexibility index (Phi) is 9.60. The van der Waals surface area contributed by atoms with E-state index in [9.17, 15) is 0 Å². The van der Waals surface area contributed by atoms with Gasteiger partial charge < -0.3 is 5.73 Å². The average Bonchev–Trinajstić information content (AvgIpc) is 2.28. The SMILES string of the molecule is C.C.Cc1ccc(C)cc1.Cc1ccc(N)cc1. The van der Waals surface area contributed by atoms with Crippen molar-refractivity contribution < 1.29 is 0 Å². The quantitative estimate of drug-likeness (QED) is 0.638. The molecule has 0 aromatic heterocycles. The average molecular weight is 245 g/mol. The number of nitrogens with two attached hydrogens (primary N) is 1. The number of benzene rings is 2. The highest BCUT2D eigenvalue weighted by Gasteiger charge is 1.80. The van der Waals surface area contributed by atoms with Crippen LogP contribution >= 0.6 is 0 Å². The van der Waals surface area contributed by atoms with Crippen molar-refractivity contribution in [3.05, 3.63) is 65.2 Å². The smallest absolute Gasteiger partial charge is 0.0314 e. The van der Waals surface area contributed by atoms with Gasteiger partial charge in [0.15, 0.2) is 0 Å². The zero-order valence-electron chi connectivity index (χ0n) is 10.2. The first-order valence-electron chi connectivity index (χ1n) is 5.43. The number of rotatable bonds is 0. The molecule has 18 heavy (non-hydrogen) atoms. The molecule has 0 amide bonds. The maximum Gasteiger partial charge on any atom is 0.0314 e. The van der Waals surface area contributed by atoms with Crippen molar-refractivity contribution >= 4 is 5.69 Å². The first-order valence-corrected chi connectivity index (χ1v) is 5.43. The Morgan fingerprint density at radius 2 is 0.778 bits per heavy atom. The molecule has 0 aliphatic heterocycles. The van der Waals surface area contributed by atoms with Crippen LogP contribution in [0.5, 0.6) is 0 Å². The van der Waals surface area contributed by atoms with Crippen molar-refractivity contribution in [3.63, 3.8) is 0 Å². The second-order valence-electron chi connectivity index (χ2n) is 4.07. The highest BCUT2D eigenvalue weighted by Crippen LogP contribution is 2.02. The van der Waals surface area contributed by atoms with E-state index in [1.807, 2.05) is 31.2 Å². The summed E-state index contributed by atoms with van der Waals surface area (Å²) in [4.78, 5) is 0. The van der Waals surface area contributed by atoms with E-state index in [4.69, 9.17) is 5.73 Å². The van der Waals surface area contributed by atoms with Crippen LogP contribution in [0, 0.1) is 20.8 Å². The Labute approximate surface area is 113 Å². The van der Waals surface area contributed by atoms with Crippen molar-refractivity contribution in [1.82, 2.24) is 0 Å². The van der Waals surface area contributed by atoms with Gasteiger partial charge in [-0.15, -0.1) is 0 Å². The van der Waals surface area contributed by atoms with Crippen LogP contribution in [-0.2, 0) is 0 Å². The van der Waals surface area contributed by atoms with Gasteiger partial charge in [0.2, 0.25) is 0 Å². The molecule has 0 aliphatic carbocycles. The summed E-state index contributed by atoms with van der Waals surface area (Å²) in [6.45, 7) is 6.23. The Morgan fingerprint density at radius 3 is 1.00 bits per heavy atom. The molecule has 2 rings (SSSR count). The van der Waals surface area contributed by atoms with Crippen molar-refractivity contribution in [3.8, 4) is 0 Å². The molecule has 0 heterocycles. The van der Waals surface area contributed by atoms with Crippen LogP contribution in [0.4, 0.5) is 5.69 Å². The fourth-order valence-corrected chi connectivity index (χ4v) is 1.20. The zero-order valence-corrected chi connectivity index (χ0v) is 10.2. The summed E-state index contributed by atoms with van der Waals surface area (Å²) in [6.07, 6.45) is 0. The van der Waals surface area contributed by atoms with Crippen LogP contribution in [0.2, 0.25) is 0 Å². The zero-order chi connectivity index (χ0) is 12.0. The minimum Gasteiger partial charge on any atom is -0.399 e. The highest BCUT2D eigenvalue weighted by atomic mass is 14.5. The Balaban J connectivity index is 0. The Hall–Kier alpha value is -1.76. The molecule has 100 valence electrons. The summed E-state index contributed by atoms with van der Waals surface area (Å²) in [5.41, 5.74) is 10.2. The predicted molar refractivity (Wildman–Crippen MR) is 85.0 cm³/mol. The van der Waals surface area contributed by atoms with Crippen LogP contribution in [0.15, 0.2) is 48.5 Å². The van der Waals surface area contributed by atoms with Crippen molar-refractivity contribution in [2.75, 3.05) is 5.73 Å². The van der Waals surface area contributed by atoms with Gasteiger partial charge in [-0.2, -0.15) is 0 Å². The molecule has 0 atom stereocenters. The monoisotopic (exact) mass is 245 g/mol. The summed E-state index contributed by atoms with van der Waals surface area (Å²) < 4.78 is 0. The van der Waals surface area contributed by atoms with E-state index in [1.165, 1.54) is 16.7 Å². The first kappa shape index (κ1) is 18.6. The minimum absolute atomic E-state index is 0. The minimum atomic E-state index is 0. The Bertz CT molecular complexity index is 327. The summed E-state index contributed by atoms with van der Waals surface area (Å²) >= 11 is 0. The lowest BCUT2D eigenvalue weighted by Crippen LogP contribution is -1.81. The molecule has 0 spiro atoms. The van der Waals surface area contributed by atoms with Crippen molar-refractivity contribution in [2.24, 2.45) is 0 Å². The molecule has 0 radical (unpaired) electrons. The van der Waals surface area contributed by atoms with E-state index < -0.39 is 0 Å². The lowest BCUT2D eigenvalue weighted by molar-refractivity contribution is 1.40. The van der Waals surface area contributed by atoms with Crippen LogP contribution in [0.25, 0.3) is 0 Å². The van der Waals surface area contributed by atoms with Gasteiger partial charge in [-0.3, -0.25) is 0 Å². The molecule has 2 aromatic carbocycles. The molecule has 0 aliphatic rings. The highest BCUT2D eigenvalue weighted by molar-refractivity contribution is 5.38. The van der Waals surface area contributed by atoms with Gasteiger partial charge in [0, 0.05) is 5.69 Å². The molecule has 1 nitrogen and oxygen atoms in total. The molecule has 0 saturated carbocycles. The summed E-state index contributed by atoms with van der Waals surface area (Å²) in [5.74, 6) is 0. The van der Waals surface area contributed by atoms with Crippen molar-refractivity contribution in [1.29, 1.82) is 0 Å². The number of aryl methyl sites for hydroxylation is 3. The molecule has 0 fully saturated rings. The third-order valence-electron chi connectivity index (χ3n) is 2.30.